The van der Waals surface area contributed by atoms with Crippen LogP contribution in [0.4, 0.5) is 0 Å². The molecular weight excluding hydrogens is 256 g/mol. The van der Waals surface area contributed by atoms with Crippen LogP contribution in [0, 0.1) is 5.92 Å². The van der Waals surface area contributed by atoms with E-state index >= 15 is 0 Å². The van der Waals surface area contributed by atoms with E-state index in [2.05, 4.69) is 17.6 Å². The highest BCUT2D eigenvalue weighted by atomic mass is 16.7. The number of nitrogens with one attached hydrogen (secondary N) is 2. The van der Waals surface area contributed by atoms with Crippen LogP contribution in [0.2, 0.25) is 0 Å². The summed E-state index contributed by atoms with van der Waals surface area (Å²) in [6, 6.07) is 5.49. The fourth-order valence-corrected chi connectivity index (χ4v) is 2.79. The van der Waals surface area contributed by atoms with E-state index in [4.69, 9.17) is 9.47 Å². The van der Waals surface area contributed by atoms with Gasteiger partial charge in [0, 0.05) is 11.6 Å². The Morgan fingerprint density at radius 1 is 1.30 bits per heavy atom. The molecule has 0 aliphatic carbocycles. The normalized spacial score (nSPS) is 19.6. The third kappa shape index (κ3) is 2.72. The second-order valence-electron chi connectivity index (χ2n) is 5.42. The number of hydrogen-bond acceptors (Lipinski definition) is 4. The lowest BCUT2D eigenvalue weighted by Gasteiger charge is -2.28. The van der Waals surface area contributed by atoms with Crippen molar-refractivity contribution in [2.45, 2.75) is 25.8 Å². The Morgan fingerprint density at radius 3 is 2.85 bits per heavy atom. The average molecular weight is 276 g/mol. The number of fused-ring (bicyclic) bond motifs is 1. The summed E-state index contributed by atoms with van der Waals surface area (Å²) < 4.78 is 10.5. The molecule has 0 radical (unpaired) electrons. The standard InChI is InChI=1S/C15H20N2O3/c1-10(11-4-6-16-7-5-11)17-15(18)12-2-3-13-14(8-12)20-9-19-13/h2-3,8,10-11,16H,4-7,9H2,1H3,(H,17,18). The number of piperidine rings is 1. The minimum absolute atomic E-state index is 0.0469. The Bertz CT molecular complexity index is 498. The second-order valence-corrected chi connectivity index (χ2v) is 5.42. The average Bonchev–Trinajstić information content (AvgIpc) is 2.95. The number of ether oxygens (including phenoxy) is 2. The van der Waals surface area contributed by atoms with Crippen molar-refractivity contribution in [3.63, 3.8) is 0 Å². The van der Waals surface area contributed by atoms with Gasteiger partial charge in [0.25, 0.3) is 5.91 Å². The maximum atomic E-state index is 12.3. The zero-order valence-electron chi connectivity index (χ0n) is 11.6. The maximum absolute atomic E-state index is 12.3. The smallest absolute Gasteiger partial charge is 0.251 e. The Hall–Kier alpha value is -1.75. The summed E-state index contributed by atoms with van der Waals surface area (Å²) in [5.41, 5.74) is 0.620. The van der Waals surface area contributed by atoms with E-state index in [-0.39, 0.29) is 18.7 Å². The molecule has 2 N–H and O–H groups in total. The van der Waals surface area contributed by atoms with Crippen molar-refractivity contribution < 1.29 is 14.3 Å². The van der Waals surface area contributed by atoms with Crippen LogP contribution in [0.1, 0.15) is 30.1 Å². The van der Waals surface area contributed by atoms with Gasteiger partial charge < -0.3 is 20.1 Å². The summed E-state index contributed by atoms with van der Waals surface area (Å²) in [6.45, 7) is 4.39. The first-order valence-electron chi connectivity index (χ1n) is 7.15. The number of hydrogen-bond donors (Lipinski definition) is 2. The van der Waals surface area contributed by atoms with Crippen molar-refractivity contribution in [2.75, 3.05) is 19.9 Å². The molecule has 108 valence electrons. The van der Waals surface area contributed by atoms with Gasteiger partial charge in [-0.05, 0) is 57.0 Å². The van der Waals surface area contributed by atoms with Gasteiger partial charge in [-0.25, -0.2) is 0 Å². The Balaban J connectivity index is 1.63. The number of carbonyl (C=O) groups is 1. The van der Waals surface area contributed by atoms with Gasteiger partial charge in [0.05, 0.1) is 0 Å². The third-order valence-corrected chi connectivity index (χ3v) is 4.08. The lowest BCUT2D eigenvalue weighted by molar-refractivity contribution is 0.0920. The summed E-state index contributed by atoms with van der Waals surface area (Å²) in [7, 11) is 0. The molecule has 1 fully saturated rings. The molecule has 5 heteroatoms. The van der Waals surface area contributed by atoms with Gasteiger partial charge in [0.2, 0.25) is 6.79 Å². The first kappa shape index (κ1) is 13.2. The van der Waals surface area contributed by atoms with Crippen LogP contribution in [0.5, 0.6) is 11.5 Å². The highest BCUT2D eigenvalue weighted by Crippen LogP contribution is 2.32. The Labute approximate surface area is 118 Å². The quantitative estimate of drug-likeness (QED) is 0.879. The molecule has 2 heterocycles. The Kier molecular flexibility index (Phi) is 3.78. The molecule has 3 rings (SSSR count). The lowest BCUT2D eigenvalue weighted by Crippen LogP contribution is -2.42. The highest BCUT2D eigenvalue weighted by molar-refractivity contribution is 5.95. The van der Waals surface area contributed by atoms with Crippen LogP contribution in [-0.4, -0.2) is 31.8 Å². The highest BCUT2D eigenvalue weighted by Gasteiger charge is 2.22. The van der Waals surface area contributed by atoms with Gasteiger partial charge in [-0.1, -0.05) is 0 Å². The molecule has 0 bridgehead atoms. The van der Waals surface area contributed by atoms with Crippen LogP contribution >= 0.6 is 0 Å². The number of amides is 1. The minimum atomic E-state index is -0.0469. The largest absolute Gasteiger partial charge is 0.454 e. The summed E-state index contributed by atoms with van der Waals surface area (Å²) in [5.74, 6) is 1.85. The van der Waals surface area contributed by atoms with Gasteiger partial charge in [0.15, 0.2) is 11.5 Å². The van der Waals surface area contributed by atoms with Crippen molar-refractivity contribution in [3.8, 4) is 11.5 Å². The molecule has 0 spiro atoms. The first-order valence-corrected chi connectivity index (χ1v) is 7.15. The SMILES string of the molecule is CC(NC(=O)c1ccc2c(c1)OCO2)C1CCNCC1. The summed E-state index contributed by atoms with van der Waals surface area (Å²) >= 11 is 0. The molecule has 1 aromatic rings. The molecule has 2 aliphatic rings. The predicted molar refractivity (Wildman–Crippen MR) is 75.1 cm³/mol. The third-order valence-electron chi connectivity index (χ3n) is 4.08. The molecule has 20 heavy (non-hydrogen) atoms. The summed E-state index contributed by atoms with van der Waals surface area (Å²) in [5, 5.41) is 6.43. The van der Waals surface area contributed by atoms with Crippen molar-refractivity contribution in [2.24, 2.45) is 5.92 Å². The molecule has 0 saturated carbocycles. The molecule has 5 nitrogen and oxygen atoms in total. The van der Waals surface area contributed by atoms with Crippen LogP contribution < -0.4 is 20.1 Å². The topological polar surface area (TPSA) is 59.6 Å². The molecular formula is C15H20N2O3. The second kappa shape index (κ2) is 5.71. The first-order chi connectivity index (χ1) is 9.74. The van der Waals surface area contributed by atoms with Gasteiger partial charge in [-0.3, -0.25) is 4.79 Å². The molecule has 2 aliphatic heterocycles. The molecule has 1 amide bonds. The lowest BCUT2D eigenvalue weighted by atomic mass is 9.91. The van der Waals surface area contributed by atoms with Gasteiger partial charge >= 0.3 is 0 Å². The van der Waals surface area contributed by atoms with Crippen LogP contribution in [-0.2, 0) is 0 Å². The fourth-order valence-electron chi connectivity index (χ4n) is 2.79. The van der Waals surface area contributed by atoms with Crippen molar-refractivity contribution in [3.05, 3.63) is 23.8 Å². The zero-order valence-corrected chi connectivity index (χ0v) is 11.6. The van der Waals surface area contributed by atoms with E-state index in [1.54, 1.807) is 18.2 Å². The van der Waals surface area contributed by atoms with Crippen molar-refractivity contribution in [1.82, 2.24) is 10.6 Å². The Morgan fingerprint density at radius 2 is 2.05 bits per heavy atom. The van der Waals surface area contributed by atoms with Crippen LogP contribution in [0.15, 0.2) is 18.2 Å². The predicted octanol–water partition coefficient (Wildman–Crippen LogP) is 1.53. The maximum Gasteiger partial charge on any atom is 0.251 e. The van der Waals surface area contributed by atoms with E-state index in [1.165, 1.54) is 0 Å². The van der Waals surface area contributed by atoms with Crippen LogP contribution in [0.25, 0.3) is 0 Å². The van der Waals surface area contributed by atoms with Crippen LogP contribution in [0.3, 0.4) is 0 Å². The summed E-state index contributed by atoms with van der Waals surface area (Å²) in [4.78, 5) is 12.3. The fraction of sp³-hybridized carbons (Fsp3) is 0.533. The minimum Gasteiger partial charge on any atom is -0.454 e. The van der Waals surface area contributed by atoms with E-state index < -0.39 is 0 Å². The molecule has 1 aromatic carbocycles. The van der Waals surface area contributed by atoms with Gasteiger partial charge in [-0.2, -0.15) is 0 Å². The molecule has 1 unspecified atom stereocenters. The van der Waals surface area contributed by atoms with E-state index in [9.17, 15) is 4.79 Å². The number of benzene rings is 1. The van der Waals surface area contributed by atoms with Gasteiger partial charge in [-0.15, -0.1) is 0 Å². The van der Waals surface area contributed by atoms with E-state index in [0.717, 1.165) is 25.9 Å². The molecule has 0 aromatic heterocycles. The van der Waals surface area contributed by atoms with Crippen molar-refractivity contribution >= 4 is 5.91 Å². The monoisotopic (exact) mass is 276 g/mol. The number of carbonyl (C=O) groups excluding carboxylic acids is 1. The number of rotatable bonds is 3. The van der Waals surface area contributed by atoms with Crippen molar-refractivity contribution in [1.29, 1.82) is 0 Å². The zero-order chi connectivity index (χ0) is 13.9. The van der Waals surface area contributed by atoms with E-state index in [1.807, 2.05) is 0 Å². The summed E-state index contributed by atoms with van der Waals surface area (Å²) in [6.07, 6.45) is 2.23. The van der Waals surface area contributed by atoms with E-state index in [0.29, 0.717) is 23.0 Å². The molecule has 1 atom stereocenters. The van der Waals surface area contributed by atoms with Gasteiger partial charge in [0.1, 0.15) is 0 Å². The molecule has 1 saturated heterocycles.